The van der Waals surface area contributed by atoms with Crippen molar-refractivity contribution in [3.05, 3.63) is 47.8 Å². The van der Waals surface area contributed by atoms with Crippen LogP contribution in [0.5, 0.6) is 0 Å². The lowest BCUT2D eigenvalue weighted by Gasteiger charge is -2.04. The summed E-state index contributed by atoms with van der Waals surface area (Å²) in [5.41, 5.74) is 8.90. The van der Waals surface area contributed by atoms with Crippen molar-refractivity contribution in [3.63, 3.8) is 0 Å². The van der Waals surface area contributed by atoms with E-state index in [1.54, 1.807) is 0 Å². The van der Waals surface area contributed by atoms with Crippen molar-refractivity contribution in [1.82, 2.24) is 9.78 Å². The zero-order chi connectivity index (χ0) is 10.7. The Hall–Kier alpha value is -1.61. The second-order valence-electron chi connectivity index (χ2n) is 3.61. The average Bonchev–Trinajstić information content (AvgIpc) is 2.66. The van der Waals surface area contributed by atoms with Crippen LogP contribution in [0.25, 0.3) is 5.69 Å². The van der Waals surface area contributed by atoms with Crippen molar-refractivity contribution < 1.29 is 0 Å². The molecule has 0 fully saturated rings. The largest absolute Gasteiger partial charge is 0.330 e. The number of rotatable bonds is 3. The standard InChI is InChI=1S/C12H15N3/c1-10-6-8-15(14-10)12-4-2-3-11(9-12)5-7-13/h2-4,6,8-9H,5,7,13H2,1H3. The lowest BCUT2D eigenvalue weighted by molar-refractivity contribution is 0.857. The van der Waals surface area contributed by atoms with Gasteiger partial charge in [-0.15, -0.1) is 0 Å². The predicted molar refractivity (Wildman–Crippen MR) is 61.1 cm³/mol. The highest BCUT2D eigenvalue weighted by molar-refractivity contribution is 5.35. The topological polar surface area (TPSA) is 43.8 Å². The highest BCUT2D eigenvalue weighted by atomic mass is 15.3. The van der Waals surface area contributed by atoms with Crippen molar-refractivity contribution in [3.8, 4) is 5.69 Å². The highest BCUT2D eigenvalue weighted by Gasteiger charge is 1.99. The molecule has 0 amide bonds. The maximum Gasteiger partial charge on any atom is 0.0648 e. The Morgan fingerprint density at radius 1 is 1.33 bits per heavy atom. The van der Waals surface area contributed by atoms with Crippen LogP contribution in [0.15, 0.2) is 36.5 Å². The van der Waals surface area contributed by atoms with Crippen LogP contribution in [0, 0.1) is 6.92 Å². The Balaban J connectivity index is 2.32. The summed E-state index contributed by atoms with van der Waals surface area (Å²) in [4.78, 5) is 0. The van der Waals surface area contributed by atoms with E-state index in [1.165, 1.54) is 5.56 Å². The Morgan fingerprint density at radius 2 is 2.20 bits per heavy atom. The fourth-order valence-corrected chi connectivity index (χ4v) is 1.58. The zero-order valence-corrected chi connectivity index (χ0v) is 8.85. The minimum absolute atomic E-state index is 0.682. The van der Waals surface area contributed by atoms with Crippen molar-refractivity contribution in [2.75, 3.05) is 6.54 Å². The van der Waals surface area contributed by atoms with Crippen LogP contribution in [0.3, 0.4) is 0 Å². The van der Waals surface area contributed by atoms with Gasteiger partial charge in [-0.2, -0.15) is 5.10 Å². The van der Waals surface area contributed by atoms with Gasteiger partial charge in [0, 0.05) is 6.20 Å². The van der Waals surface area contributed by atoms with Crippen LogP contribution in [0.2, 0.25) is 0 Å². The van der Waals surface area contributed by atoms with E-state index in [4.69, 9.17) is 5.73 Å². The molecule has 0 atom stereocenters. The van der Waals surface area contributed by atoms with Crippen LogP contribution < -0.4 is 5.73 Å². The SMILES string of the molecule is Cc1ccn(-c2cccc(CCN)c2)n1. The minimum Gasteiger partial charge on any atom is -0.330 e. The van der Waals surface area contributed by atoms with E-state index < -0.39 is 0 Å². The number of aromatic nitrogens is 2. The monoisotopic (exact) mass is 201 g/mol. The Morgan fingerprint density at radius 3 is 2.87 bits per heavy atom. The molecule has 15 heavy (non-hydrogen) atoms. The fraction of sp³-hybridized carbons (Fsp3) is 0.250. The first-order valence-corrected chi connectivity index (χ1v) is 5.11. The average molecular weight is 201 g/mol. The molecule has 0 bridgehead atoms. The van der Waals surface area contributed by atoms with Gasteiger partial charge in [-0.3, -0.25) is 0 Å². The molecule has 0 aliphatic carbocycles. The third kappa shape index (κ3) is 2.25. The fourth-order valence-electron chi connectivity index (χ4n) is 1.58. The van der Waals surface area contributed by atoms with Crippen LogP contribution in [0.1, 0.15) is 11.3 Å². The van der Waals surface area contributed by atoms with E-state index in [9.17, 15) is 0 Å². The maximum atomic E-state index is 5.53. The van der Waals surface area contributed by atoms with Gasteiger partial charge in [0.1, 0.15) is 0 Å². The van der Waals surface area contributed by atoms with Crippen LogP contribution in [-0.2, 0) is 6.42 Å². The number of hydrogen-bond acceptors (Lipinski definition) is 2. The van der Waals surface area contributed by atoms with Crippen molar-refractivity contribution in [1.29, 1.82) is 0 Å². The van der Waals surface area contributed by atoms with Gasteiger partial charge < -0.3 is 5.73 Å². The molecule has 78 valence electrons. The van der Waals surface area contributed by atoms with Gasteiger partial charge in [0.05, 0.1) is 11.4 Å². The molecule has 0 aliphatic heterocycles. The molecular formula is C12H15N3. The van der Waals surface area contributed by atoms with Gasteiger partial charge in [0.15, 0.2) is 0 Å². The van der Waals surface area contributed by atoms with E-state index in [2.05, 4.69) is 17.2 Å². The van der Waals surface area contributed by atoms with E-state index in [0.717, 1.165) is 17.8 Å². The van der Waals surface area contributed by atoms with E-state index in [-0.39, 0.29) is 0 Å². The first-order chi connectivity index (χ1) is 7.29. The third-order valence-corrected chi connectivity index (χ3v) is 2.33. The third-order valence-electron chi connectivity index (χ3n) is 2.33. The molecule has 0 unspecified atom stereocenters. The molecule has 2 aromatic rings. The lowest BCUT2D eigenvalue weighted by atomic mass is 10.1. The lowest BCUT2D eigenvalue weighted by Crippen LogP contribution is -2.03. The quantitative estimate of drug-likeness (QED) is 0.821. The molecule has 0 aliphatic rings. The van der Waals surface area contributed by atoms with Crippen LogP contribution in [0.4, 0.5) is 0 Å². The van der Waals surface area contributed by atoms with Gasteiger partial charge in [-0.05, 0) is 43.7 Å². The molecule has 0 spiro atoms. The highest BCUT2D eigenvalue weighted by Crippen LogP contribution is 2.10. The van der Waals surface area contributed by atoms with Crippen molar-refractivity contribution in [2.24, 2.45) is 5.73 Å². The molecule has 0 saturated carbocycles. The summed E-state index contributed by atoms with van der Waals surface area (Å²) >= 11 is 0. The van der Waals surface area contributed by atoms with Crippen molar-refractivity contribution >= 4 is 0 Å². The van der Waals surface area contributed by atoms with Gasteiger partial charge in [0.25, 0.3) is 0 Å². The summed E-state index contributed by atoms with van der Waals surface area (Å²) in [5.74, 6) is 0. The zero-order valence-electron chi connectivity index (χ0n) is 8.85. The Kier molecular flexibility index (Phi) is 2.83. The molecule has 3 heteroatoms. The van der Waals surface area contributed by atoms with Gasteiger partial charge in [-0.25, -0.2) is 4.68 Å². The molecule has 2 N–H and O–H groups in total. The van der Waals surface area contributed by atoms with Gasteiger partial charge >= 0.3 is 0 Å². The summed E-state index contributed by atoms with van der Waals surface area (Å²) in [5, 5.41) is 4.37. The summed E-state index contributed by atoms with van der Waals surface area (Å²) in [6.45, 7) is 2.67. The second kappa shape index (κ2) is 4.28. The van der Waals surface area contributed by atoms with Gasteiger partial charge in [0.2, 0.25) is 0 Å². The number of hydrogen-bond donors (Lipinski definition) is 1. The van der Waals surface area contributed by atoms with Crippen LogP contribution in [-0.4, -0.2) is 16.3 Å². The van der Waals surface area contributed by atoms with E-state index in [1.807, 2.05) is 36.0 Å². The number of benzene rings is 1. The molecule has 1 aromatic heterocycles. The number of nitrogens with zero attached hydrogens (tertiary/aromatic N) is 2. The number of aryl methyl sites for hydroxylation is 1. The first kappa shape index (κ1) is 9.93. The molecule has 0 radical (unpaired) electrons. The smallest absolute Gasteiger partial charge is 0.0648 e. The summed E-state index contributed by atoms with van der Waals surface area (Å²) in [6, 6.07) is 10.3. The summed E-state index contributed by atoms with van der Waals surface area (Å²) in [6.07, 6.45) is 2.88. The molecule has 1 aromatic carbocycles. The first-order valence-electron chi connectivity index (χ1n) is 5.11. The minimum atomic E-state index is 0.682. The van der Waals surface area contributed by atoms with Crippen molar-refractivity contribution in [2.45, 2.75) is 13.3 Å². The maximum absolute atomic E-state index is 5.53. The Labute approximate surface area is 89.5 Å². The summed E-state index contributed by atoms with van der Waals surface area (Å²) < 4.78 is 1.88. The van der Waals surface area contributed by atoms with Gasteiger partial charge in [-0.1, -0.05) is 12.1 Å². The summed E-state index contributed by atoms with van der Waals surface area (Å²) in [7, 11) is 0. The molecule has 3 nitrogen and oxygen atoms in total. The molecule has 1 heterocycles. The Bertz CT molecular complexity index is 446. The van der Waals surface area contributed by atoms with E-state index in [0.29, 0.717) is 6.54 Å². The number of nitrogens with two attached hydrogens (primary N) is 1. The predicted octanol–water partition coefficient (Wildman–Crippen LogP) is 1.68. The normalized spacial score (nSPS) is 10.5. The molecular weight excluding hydrogens is 186 g/mol. The molecule has 0 saturated heterocycles. The van der Waals surface area contributed by atoms with E-state index >= 15 is 0 Å². The second-order valence-corrected chi connectivity index (χ2v) is 3.61. The molecule has 2 rings (SSSR count). The van der Waals surface area contributed by atoms with Crippen LogP contribution >= 0.6 is 0 Å².